The summed E-state index contributed by atoms with van der Waals surface area (Å²) in [5, 5.41) is 19.3. The molecule has 6 heteroatoms. The minimum atomic E-state index is -1.12. The quantitative estimate of drug-likeness (QED) is 0.446. The highest BCUT2D eigenvalue weighted by Gasteiger charge is 2.20. The van der Waals surface area contributed by atoms with Gasteiger partial charge in [0.05, 0.1) is 16.6 Å². The first-order valence-electron chi connectivity index (χ1n) is 3.61. The van der Waals surface area contributed by atoms with Crippen molar-refractivity contribution in [3.63, 3.8) is 0 Å². The van der Waals surface area contributed by atoms with Gasteiger partial charge in [-0.1, -0.05) is 0 Å². The highest BCUT2D eigenvalue weighted by atomic mass is 19.1. The highest BCUT2D eigenvalue weighted by molar-refractivity contribution is 5.98. The van der Waals surface area contributed by atoms with E-state index in [4.69, 9.17) is 5.11 Å². The molecule has 74 valence electrons. The normalized spacial score (nSPS) is 9.86. The lowest BCUT2D eigenvalue weighted by molar-refractivity contribution is -0.385. The largest absolute Gasteiger partial charge is 0.505 e. The van der Waals surface area contributed by atoms with E-state index in [1.165, 1.54) is 0 Å². The highest BCUT2D eigenvalue weighted by Crippen LogP contribution is 2.26. The maximum absolute atomic E-state index is 12.7. The summed E-state index contributed by atoms with van der Waals surface area (Å²) in [4.78, 5) is 20.4. The van der Waals surface area contributed by atoms with Crippen LogP contribution in [0.3, 0.4) is 0 Å². The topological polar surface area (TPSA) is 80.4 Å². The Bertz CT molecular complexity index is 377. The second kappa shape index (κ2) is 3.41. The maximum Gasteiger partial charge on any atom is 0.283 e. The molecule has 0 aromatic heterocycles. The van der Waals surface area contributed by atoms with Gasteiger partial charge in [-0.3, -0.25) is 14.9 Å². The molecule has 0 aliphatic rings. The molecule has 0 heterocycles. The Morgan fingerprint density at radius 1 is 1.57 bits per heavy atom. The fourth-order valence-corrected chi connectivity index (χ4v) is 0.984. The lowest BCUT2D eigenvalue weighted by atomic mass is 10.1. The summed E-state index contributed by atoms with van der Waals surface area (Å²) >= 11 is 0. The molecular formula is C8H6FNO4. The van der Waals surface area contributed by atoms with E-state index >= 15 is 0 Å². The number of nitrogens with zero attached hydrogens (tertiary/aromatic N) is 1. The number of carbonyl (C=O) groups excluding carboxylic acids is 1. The molecule has 0 fully saturated rings. The van der Waals surface area contributed by atoms with Crippen molar-refractivity contribution in [2.45, 2.75) is 6.92 Å². The molecule has 5 nitrogen and oxygen atoms in total. The minimum Gasteiger partial charge on any atom is -0.505 e. The number of Topliss-reactive ketones (excluding diaryl/α,β-unsaturated/α-hetero) is 1. The van der Waals surface area contributed by atoms with E-state index in [2.05, 4.69) is 0 Å². The fourth-order valence-electron chi connectivity index (χ4n) is 0.984. The Balaban J connectivity index is 3.46. The lowest BCUT2D eigenvalue weighted by Crippen LogP contribution is -2.00. The van der Waals surface area contributed by atoms with E-state index in [9.17, 15) is 19.3 Å². The average molecular weight is 199 g/mol. The van der Waals surface area contributed by atoms with Gasteiger partial charge in [-0.15, -0.1) is 0 Å². The molecule has 0 aliphatic heterocycles. The number of aromatic hydroxyl groups is 1. The van der Waals surface area contributed by atoms with E-state index in [0.29, 0.717) is 6.07 Å². The number of ketones is 1. The fraction of sp³-hybridized carbons (Fsp3) is 0.125. The molecule has 1 N–H and O–H groups in total. The summed E-state index contributed by atoms with van der Waals surface area (Å²) in [5.74, 6) is -2.51. The number of rotatable bonds is 2. The Labute approximate surface area is 77.9 Å². The lowest BCUT2D eigenvalue weighted by Gasteiger charge is -2.00. The van der Waals surface area contributed by atoms with Crippen LogP contribution >= 0.6 is 0 Å². The average Bonchev–Trinajstić information content (AvgIpc) is 2.08. The summed E-state index contributed by atoms with van der Waals surface area (Å²) in [5.41, 5.74) is -0.957. The van der Waals surface area contributed by atoms with Crippen LogP contribution in [0.1, 0.15) is 17.3 Å². The van der Waals surface area contributed by atoms with Crippen LogP contribution in [0.4, 0.5) is 10.1 Å². The van der Waals surface area contributed by atoms with Gasteiger partial charge in [-0.2, -0.15) is 0 Å². The van der Waals surface area contributed by atoms with Crippen molar-refractivity contribution in [1.29, 1.82) is 0 Å². The molecular weight excluding hydrogens is 193 g/mol. The Morgan fingerprint density at radius 2 is 2.14 bits per heavy atom. The van der Waals surface area contributed by atoms with Gasteiger partial charge in [0, 0.05) is 6.07 Å². The van der Waals surface area contributed by atoms with Crippen LogP contribution in [-0.2, 0) is 0 Å². The molecule has 0 unspecified atom stereocenters. The van der Waals surface area contributed by atoms with E-state index in [-0.39, 0.29) is 5.56 Å². The summed E-state index contributed by atoms with van der Waals surface area (Å²) in [6, 6.07) is 1.27. The predicted octanol–water partition coefficient (Wildman–Crippen LogP) is 1.64. The number of nitro groups is 1. The molecule has 0 atom stereocenters. The maximum atomic E-state index is 12.7. The molecule has 0 aliphatic carbocycles. The van der Waals surface area contributed by atoms with Crippen LogP contribution in [0.15, 0.2) is 12.1 Å². The number of carbonyl (C=O) groups is 1. The number of hydrogen-bond acceptors (Lipinski definition) is 4. The first kappa shape index (κ1) is 10.1. The monoisotopic (exact) mass is 199 g/mol. The van der Waals surface area contributed by atoms with Gasteiger partial charge in [-0.25, -0.2) is 4.39 Å². The molecule has 0 saturated carbocycles. The van der Waals surface area contributed by atoms with Gasteiger partial charge in [0.25, 0.3) is 5.69 Å². The van der Waals surface area contributed by atoms with Crippen molar-refractivity contribution in [1.82, 2.24) is 0 Å². The van der Waals surface area contributed by atoms with Gasteiger partial charge in [0.2, 0.25) is 0 Å². The number of halogens is 1. The van der Waals surface area contributed by atoms with Crippen LogP contribution in [0.5, 0.6) is 5.75 Å². The Hall–Kier alpha value is -1.98. The molecule has 1 rings (SSSR count). The molecule has 0 spiro atoms. The van der Waals surface area contributed by atoms with Crippen molar-refractivity contribution in [2.24, 2.45) is 0 Å². The molecule has 14 heavy (non-hydrogen) atoms. The van der Waals surface area contributed by atoms with Crippen LogP contribution in [0.2, 0.25) is 0 Å². The zero-order chi connectivity index (χ0) is 10.9. The Kier molecular flexibility index (Phi) is 2.46. The van der Waals surface area contributed by atoms with Crippen molar-refractivity contribution < 1.29 is 19.2 Å². The van der Waals surface area contributed by atoms with Crippen LogP contribution in [0, 0.1) is 15.9 Å². The molecule has 0 radical (unpaired) electrons. The van der Waals surface area contributed by atoms with Gasteiger partial charge in [0.15, 0.2) is 17.3 Å². The van der Waals surface area contributed by atoms with Crippen LogP contribution in [-0.4, -0.2) is 15.8 Å². The third-order valence-corrected chi connectivity index (χ3v) is 1.64. The smallest absolute Gasteiger partial charge is 0.283 e. The summed E-state index contributed by atoms with van der Waals surface area (Å²) in [7, 11) is 0. The summed E-state index contributed by atoms with van der Waals surface area (Å²) in [6.45, 7) is 1.10. The summed E-state index contributed by atoms with van der Waals surface area (Å²) in [6.07, 6.45) is 0. The zero-order valence-corrected chi connectivity index (χ0v) is 7.15. The van der Waals surface area contributed by atoms with Crippen molar-refractivity contribution in [3.05, 3.63) is 33.6 Å². The number of hydrogen-bond donors (Lipinski definition) is 1. The third kappa shape index (κ3) is 1.68. The van der Waals surface area contributed by atoms with E-state index in [1.54, 1.807) is 0 Å². The molecule has 0 bridgehead atoms. The van der Waals surface area contributed by atoms with E-state index in [1.807, 2.05) is 0 Å². The molecule has 1 aromatic rings. The van der Waals surface area contributed by atoms with Crippen LogP contribution < -0.4 is 0 Å². The van der Waals surface area contributed by atoms with Gasteiger partial charge >= 0.3 is 0 Å². The predicted molar refractivity (Wildman–Crippen MR) is 44.7 cm³/mol. The number of benzene rings is 1. The first-order valence-corrected chi connectivity index (χ1v) is 3.61. The number of phenols is 1. The van der Waals surface area contributed by atoms with Gasteiger partial charge in [-0.05, 0) is 6.92 Å². The Morgan fingerprint density at radius 3 is 2.57 bits per heavy atom. The zero-order valence-electron chi connectivity index (χ0n) is 7.15. The van der Waals surface area contributed by atoms with Gasteiger partial charge in [0.1, 0.15) is 0 Å². The van der Waals surface area contributed by atoms with Crippen molar-refractivity contribution in [3.8, 4) is 5.75 Å². The first-order chi connectivity index (χ1) is 6.43. The molecule has 0 amide bonds. The second-order valence-corrected chi connectivity index (χ2v) is 2.63. The third-order valence-electron chi connectivity index (χ3n) is 1.64. The molecule has 0 saturated heterocycles. The summed E-state index contributed by atoms with van der Waals surface area (Å²) < 4.78 is 12.7. The minimum absolute atomic E-state index is 0.311. The second-order valence-electron chi connectivity index (χ2n) is 2.63. The van der Waals surface area contributed by atoms with E-state index < -0.39 is 28.0 Å². The van der Waals surface area contributed by atoms with Crippen LogP contribution in [0.25, 0.3) is 0 Å². The molecule has 1 aromatic carbocycles. The van der Waals surface area contributed by atoms with E-state index in [0.717, 1.165) is 13.0 Å². The number of nitro benzene ring substituents is 1. The van der Waals surface area contributed by atoms with Crippen molar-refractivity contribution in [2.75, 3.05) is 0 Å². The number of phenolic OH excluding ortho intramolecular Hbond substituents is 1. The van der Waals surface area contributed by atoms with Crippen molar-refractivity contribution >= 4 is 11.5 Å². The standard InChI is InChI=1S/C8H6FNO4/c1-4(11)5-2-8(12)6(9)3-7(5)10(13)14/h2-3,12H,1H3. The van der Waals surface area contributed by atoms with Gasteiger partial charge < -0.3 is 5.11 Å². The SMILES string of the molecule is CC(=O)c1cc(O)c(F)cc1[N+](=O)[O-].